The molecule has 236 valence electrons. The number of halogens is 3. The van der Waals surface area contributed by atoms with Crippen molar-refractivity contribution in [1.82, 2.24) is 10.2 Å². The first-order valence-electron chi connectivity index (χ1n) is 14.3. The highest BCUT2D eigenvalue weighted by Gasteiger charge is 2.35. The maximum atomic E-state index is 14.5. The molecule has 4 aromatic carbocycles. The van der Waals surface area contributed by atoms with Crippen LogP contribution in [0.15, 0.2) is 95.9 Å². The van der Waals surface area contributed by atoms with Crippen molar-refractivity contribution in [1.29, 1.82) is 0 Å². The van der Waals surface area contributed by atoms with Crippen LogP contribution in [0.2, 0.25) is 15.1 Å². The van der Waals surface area contributed by atoms with Crippen LogP contribution < -0.4 is 9.62 Å². The molecule has 0 spiro atoms. The predicted molar refractivity (Wildman–Crippen MR) is 182 cm³/mol. The van der Waals surface area contributed by atoms with E-state index < -0.39 is 34.4 Å². The monoisotopic (exact) mass is 685 g/mol. The molecule has 0 aliphatic heterocycles. The lowest BCUT2D eigenvalue weighted by atomic mass is 10.0. The highest BCUT2D eigenvalue weighted by Crippen LogP contribution is 2.30. The summed E-state index contributed by atoms with van der Waals surface area (Å²) in [4.78, 5) is 29.5. The van der Waals surface area contributed by atoms with Crippen LogP contribution in [-0.2, 0) is 32.6 Å². The Bertz CT molecular complexity index is 1750. The minimum Gasteiger partial charge on any atom is -0.355 e. The van der Waals surface area contributed by atoms with Gasteiger partial charge in [0.2, 0.25) is 11.8 Å². The van der Waals surface area contributed by atoms with Gasteiger partial charge >= 0.3 is 0 Å². The summed E-state index contributed by atoms with van der Waals surface area (Å²) in [5.41, 5.74) is 3.37. The molecule has 1 N–H and O–H groups in total. The number of nitrogens with zero attached hydrogens (tertiary/aromatic N) is 2. The third-order valence-corrected chi connectivity index (χ3v) is 10.2. The van der Waals surface area contributed by atoms with Gasteiger partial charge in [0, 0.05) is 40.1 Å². The van der Waals surface area contributed by atoms with Crippen LogP contribution in [0.4, 0.5) is 5.69 Å². The van der Waals surface area contributed by atoms with E-state index in [1.54, 1.807) is 43.3 Å². The molecule has 7 nitrogen and oxygen atoms in total. The molecule has 2 amide bonds. The summed E-state index contributed by atoms with van der Waals surface area (Å²) in [6.07, 6.45) is 0.175. The van der Waals surface area contributed by atoms with Crippen LogP contribution in [0.25, 0.3) is 0 Å². The van der Waals surface area contributed by atoms with Crippen LogP contribution >= 0.6 is 34.8 Å². The van der Waals surface area contributed by atoms with Crippen LogP contribution in [0.3, 0.4) is 0 Å². The molecular weight excluding hydrogens is 653 g/mol. The molecule has 4 aromatic rings. The lowest BCUT2D eigenvalue weighted by molar-refractivity contribution is -0.140. The van der Waals surface area contributed by atoms with Crippen molar-refractivity contribution in [2.75, 3.05) is 17.4 Å². The SMILES string of the molecule is CCNC(=O)[C@H](Cc1ccccc1)N(Cc1c(Cl)cccc1Cl)C(=O)CN(c1ccc(C)c(C)c1)S(=O)(=O)c1ccc(Cl)cc1. The van der Waals surface area contributed by atoms with Crippen molar-refractivity contribution in [2.24, 2.45) is 0 Å². The molecule has 0 aliphatic rings. The van der Waals surface area contributed by atoms with Crippen molar-refractivity contribution < 1.29 is 18.0 Å². The Hall–Kier alpha value is -3.56. The topological polar surface area (TPSA) is 86.8 Å². The zero-order valence-electron chi connectivity index (χ0n) is 25.1. The van der Waals surface area contributed by atoms with Gasteiger partial charge in [0.25, 0.3) is 10.0 Å². The summed E-state index contributed by atoms with van der Waals surface area (Å²) < 4.78 is 29.4. The fraction of sp³-hybridized carbons (Fsp3) is 0.235. The summed E-state index contributed by atoms with van der Waals surface area (Å²) in [6, 6.07) is 24.2. The normalized spacial score (nSPS) is 12.0. The molecule has 0 aromatic heterocycles. The Labute approximate surface area is 279 Å². The zero-order valence-corrected chi connectivity index (χ0v) is 28.2. The highest BCUT2D eigenvalue weighted by molar-refractivity contribution is 7.92. The van der Waals surface area contributed by atoms with E-state index in [9.17, 15) is 18.0 Å². The summed E-state index contributed by atoms with van der Waals surface area (Å²) in [7, 11) is -4.26. The molecule has 0 radical (unpaired) electrons. The number of sulfonamides is 1. The van der Waals surface area contributed by atoms with Crippen LogP contribution in [0.1, 0.15) is 29.2 Å². The van der Waals surface area contributed by atoms with Gasteiger partial charge in [-0.25, -0.2) is 8.42 Å². The summed E-state index contributed by atoms with van der Waals surface area (Å²) >= 11 is 19.1. The number of anilines is 1. The Kier molecular flexibility index (Phi) is 11.6. The Morgan fingerprint density at radius 3 is 2.07 bits per heavy atom. The van der Waals surface area contributed by atoms with Gasteiger partial charge in [-0.1, -0.05) is 77.3 Å². The molecule has 0 unspecified atom stereocenters. The second-order valence-corrected chi connectivity index (χ2v) is 13.7. The second kappa shape index (κ2) is 15.1. The molecule has 0 aliphatic carbocycles. The average molecular weight is 687 g/mol. The first-order valence-corrected chi connectivity index (χ1v) is 16.9. The minimum absolute atomic E-state index is 0.0387. The van der Waals surface area contributed by atoms with E-state index in [4.69, 9.17) is 34.8 Å². The van der Waals surface area contributed by atoms with Gasteiger partial charge in [0.15, 0.2) is 0 Å². The number of likely N-dealkylation sites (N-methyl/N-ethyl adjacent to an activating group) is 1. The van der Waals surface area contributed by atoms with E-state index in [1.165, 1.54) is 29.2 Å². The molecule has 4 rings (SSSR count). The average Bonchev–Trinajstić information content (AvgIpc) is 3.01. The lowest BCUT2D eigenvalue weighted by Gasteiger charge is -2.34. The number of carbonyl (C=O) groups excluding carboxylic acids is 2. The largest absolute Gasteiger partial charge is 0.355 e. The number of nitrogens with one attached hydrogen (secondary N) is 1. The number of hydrogen-bond acceptors (Lipinski definition) is 4. The maximum absolute atomic E-state index is 14.5. The predicted octanol–water partition coefficient (Wildman–Crippen LogP) is 7.24. The smallest absolute Gasteiger partial charge is 0.264 e. The molecule has 1 atom stereocenters. The van der Waals surface area contributed by atoms with Gasteiger partial charge in [-0.2, -0.15) is 0 Å². The first kappa shape index (κ1) is 34.3. The molecule has 0 saturated heterocycles. The molecule has 0 saturated carbocycles. The van der Waals surface area contributed by atoms with E-state index >= 15 is 0 Å². The number of hydrogen-bond donors (Lipinski definition) is 1. The van der Waals surface area contributed by atoms with Gasteiger partial charge in [-0.3, -0.25) is 13.9 Å². The highest BCUT2D eigenvalue weighted by atomic mass is 35.5. The second-order valence-electron chi connectivity index (χ2n) is 10.6. The van der Waals surface area contributed by atoms with Crippen molar-refractivity contribution in [3.63, 3.8) is 0 Å². The quantitative estimate of drug-likeness (QED) is 0.170. The zero-order chi connectivity index (χ0) is 32.7. The Balaban J connectivity index is 1.84. The van der Waals surface area contributed by atoms with Crippen molar-refractivity contribution >= 4 is 62.3 Å². The molecule has 0 fully saturated rings. The Morgan fingerprint density at radius 2 is 1.47 bits per heavy atom. The van der Waals surface area contributed by atoms with Gasteiger partial charge in [-0.05, 0) is 86.0 Å². The van der Waals surface area contributed by atoms with Crippen LogP contribution in [0, 0.1) is 13.8 Å². The molecule has 11 heteroatoms. The summed E-state index contributed by atoms with van der Waals surface area (Å²) in [5.74, 6) is -1.01. The number of amides is 2. The minimum atomic E-state index is -4.26. The lowest BCUT2D eigenvalue weighted by Crippen LogP contribution is -2.53. The summed E-state index contributed by atoms with van der Waals surface area (Å²) in [5, 5.41) is 3.83. The number of carbonyl (C=O) groups is 2. The standard InChI is InChI=1S/C34H34Cl3N3O4S/c1-4-38-34(42)32(20-25-9-6-5-7-10-25)39(21-29-30(36)11-8-12-31(29)37)33(41)22-40(27-16-13-23(2)24(3)19-27)45(43,44)28-17-14-26(35)15-18-28/h5-19,32H,4,20-22H2,1-3H3,(H,38,42)/t32-/m0/s1. The van der Waals surface area contributed by atoms with Gasteiger partial charge < -0.3 is 10.2 Å². The molecule has 0 heterocycles. The molecular formula is C34H34Cl3N3O4S. The third kappa shape index (κ3) is 8.38. The fourth-order valence-corrected chi connectivity index (χ4v) is 6.89. The molecule has 45 heavy (non-hydrogen) atoms. The van der Waals surface area contributed by atoms with E-state index in [-0.39, 0.29) is 17.9 Å². The molecule has 0 bridgehead atoms. The summed E-state index contributed by atoms with van der Waals surface area (Å²) in [6.45, 7) is 5.17. The van der Waals surface area contributed by atoms with E-state index in [0.29, 0.717) is 32.9 Å². The van der Waals surface area contributed by atoms with Crippen molar-refractivity contribution in [2.45, 2.75) is 44.7 Å². The number of aryl methyl sites for hydroxylation is 2. The maximum Gasteiger partial charge on any atom is 0.264 e. The van der Waals surface area contributed by atoms with E-state index in [0.717, 1.165) is 21.0 Å². The van der Waals surface area contributed by atoms with E-state index in [2.05, 4.69) is 5.32 Å². The van der Waals surface area contributed by atoms with Gasteiger partial charge in [-0.15, -0.1) is 0 Å². The van der Waals surface area contributed by atoms with E-state index in [1.807, 2.05) is 44.2 Å². The van der Waals surface area contributed by atoms with Crippen LogP contribution in [-0.4, -0.2) is 44.3 Å². The number of rotatable bonds is 12. The first-order chi connectivity index (χ1) is 21.4. The van der Waals surface area contributed by atoms with Gasteiger partial charge in [0.05, 0.1) is 10.6 Å². The number of benzene rings is 4. The van der Waals surface area contributed by atoms with Gasteiger partial charge in [0.1, 0.15) is 12.6 Å². The fourth-order valence-electron chi connectivity index (χ4n) is 4.84. The Morgan fingerprint density at radius 1 is 0.822 bits per heavy atom. The van der Waals surface area contributed by atoms with Crippen molar-refractivity contribution in [3.05, 3.63) is 128 Å². The third-order valence-electron chi connectivity index (χ3n) is 7.47. The van der Waals surface area contributed by atoms with Crippen molar-refractivity contribution in [3.8, 4) is 0 Å². The van der Waals surface area contributed by atoms with Crippen LogP contribution in [0.5, 0.6) is 0 Å².